The quantitative estimate of drug-likeness (QED) is 0.586. The van der Waals surface area contributed by atoms with E-state index in [4.69, 9.17) is 5.73 Å². The summed E-state index contributed by atoms with van der Waals surface area (Å²) in [5, 5.41) is 4.20. The molecule has 1 aliphatic rings. The van der Waals surface area contributed by atoms with Crippen molar-refractivity contribution in [3.8, 4) is 5.69 Å². The zero-order chi connectivity index (χ0) is 20.5. The number of fused-ring (bicyclic) bond motifs is 1. The molecule has 0 radical (unpaired) electrons. The lowest BCUT2D eigenvalue weighted by molar-refractivity contribution is -0.113. The second-order valence-corrected chi connectivity index (χ2v) is 9.24. The molecule has 6 nitrogen and oxygen atoms in total. The van der Waals surface area contributed by atoms with Gasteiger partial charge in [-0.3, -0.25) is 14.2 Å². The summed E-state index contributed by atoms with van der Waals surface area (Å²) in [6.07, 6.45) is 6.45. The SMILES string of the molecule is Cc1cc(C)cc(-n2ccnc2SCC(=O)Nc2sc3c(c2C(N)=O)CCC3)c1. The zero-order valence-electron chi connectivity index (χ0n) is 16.3. The van der Waals surface area contributed by atoms with Crippen LogP contribution in [0.1, 0.15) is 38.3 Å². The summed E-state index contributed by atoms with van der Waals surface area (Å²) in [7, 11) is 0. The van der Waals surface area contributed by atoms with Crippen molar-refractivity contribution in [2.45, 2.75) is 38.3 Å². The van der Waals surface area contributed by atoms with Gasteiger partial charge in [-0.15, -0.1) is 11.3 Å². The summed E-state index contributed by atoms with van der Waals surface area (Å²) < 4.78 is 1.98. The first kappa shape index (κ1) is 19.7. The lowest BCUT2D eigenvalue weighted by Crippen LogP contribution is -2.19. The van der Waals surface area contributed by atoms with Crippen LogP contribution in [0.15, 0.2) is 35.7 Å². The topological polar surface area (TPSA) is 90.0 Å². The van der Waals surface area contributed by atoms with Crippen LogP contribution in [0.2, 0.25) is 0 Å². The summed E-state index contributed by atoms with van der Waals surface area (Å²) >= 11 is 2.83. The number of aromatic nitrogens is 2. The van der Waals surface area contributed by atoms with E-state index in [9.17, 15) is 9.59 Å². The Hall–Kier alpha value is -2.58. The monoisotopic (exact) mass is 426 g/mol. The van der Waals surface area contributed by atoms with Crippen LogP contribution in [0.5, 0.6) is 0 Å². The maximum atomic E-state index is 12.6. The summed E-state index contributed by atoms with van der Waals surface area (Å²) in [6.45, 7) is 4.12. The third kappa shape index (κ3) is 4.09. The number of nitrogens with two attached hydrogens (primary N) is 1. The van der Waals surface area contributed by atoms with Crippen molar-refractivity contribution >= 4 is 39.9 Å². The number of carbonyl (C=O) groups is 2. The number of amides is 2. The number of nitrogens with one attached hydrogen (secondary N) is 1. The minimum absolute atomic E-state index is 0.174. The molecular formula is C21H22N4O2S2. The molecule has 8 heteroatoms. The summed E-state index contributed by atoms with van der Waals surface area (Å²) in [6, 6.07) is 6.30. The third-order valence-corrected chi connectivity index (χ3v) is 7.02. The van der Waals surface area contributed by atoms with Crippen molar-refractivity contribution in [2.75, 3.05) is 11.1 Å². The number of rotatable bonds is 6. The van der Waals surface area contributed by atoms with Crippen molar-refractivity contribution in [1.29, 1.82) is 0 Å². The van der Waals surface area contributed by atoms with Crippen LogP contribution >= 0.6 is 23.1 Å². The molecule has 2 aromatic heterocycles. The number of imidazole rings is 1. The highest BCUT2D eigenvalue weighted by molar-refractivity contribution is 7.99. The molecule has 0 saturated carbocycles. The van der Waals surface area contributed by atoms with E-state index in [1.165, 1.54) is 34.2 Å². The number of carbonyl (C=O) groups excluding carboxylic acids is 2. The Morgan fingerprint density at radius 2 is 2.00 bits per heavy atom. The Labute approximate surface area is 177 Å². The third-order valence-electron chi connectivity index (χ3n) is 4.84. The lowest BCUT2D eigenvalue weighted by atomic mass is 10.1. The molecule has 1 aromatic carbocycles. The van der Waals surface area contributed by atoms with Gasteiger partial charge in [-0.1, -0.05) is 17.8 Å². The molecule has 1 aliphatic carbocycles. The lowest BCUT2D eigenvalue weighted by Gasteiger charge is -2.10. The molecule has 4 rings (SSSR count). The summed E-state index contributed by atoms with van der Waals surface area (Å²) in [5.41, 5.74) is 10.4. The minimum Gasteiger partial charge on any atom is -0.365 e. The maximum Gasteiger partial charge on any atom is 0.251 e. The molecule has 29 heavy (non-hydrogen) atoms. The largest absolute Gasteiger partial charge is 0.365 e. The number of thioether (sulfide) groups is 1. The molecule has 0 fully saturated rings. The van der Waals surface area contributed by atoms with Crippen molar-refractivity contribution < 1.29 is 9.59 Å². The highest BCUT2D eigenvalue weighted by Crippen LogP contribution is 2.39. The van der Waals surface area contributed by atoms with E-state index in [2.05, 4.69) is 42.3 Å². The van der Waals surface area contributed by atoms with Crippen LogP contribution in [-0.2, 0) is 17.6 Å². The van der Waals surface area contributed by atoms with Gasteiger partial charge in [0.05, 0.1) is 11.3 Å². The van der Waals surface area contributed by atoms with E-state index in [0.717, 1.165) is 40.5 Å². The van der Waals surface area contributed by atoms with Crippen LogP contribution in [0.4, 0.5) is 5.00 Å². The summed E-state index contributed by atoms with van der Waals surface area (Å²) in [5.74, 6) is -0.451. The average molecular weight is 427 g/mol. The zero-order valence-corrected chi connectivity index (χ0v) is 18.0. The standard InChI is InChI=1S/C21H22N4O2S2/c1-12-8-13(2)10-14(9-12)25-7-6-23-21(25)28-11-17(26)24-20-18(19(22)27)15-4-3-5-16(15)29-20/h6-10H,3-5,11H2,1-2H3,(H2,22,27)(H,24,26). The molecule has 0 bridgehead atoms. The number of nitrogens with zero attached hydrogens (tertiary/aromatic N) is 2. The van der Waals surface area contributed by atoms with E-state index in [1.54, 1.807) is 6.20 Å². The van der Waals surface area contributed by atoms with E-state index in [-0.39, 0.29) is 11.7 Å². The Balaban J connectivity index is 1.47. The second-order valence-electron chi connectivity index (χ2n) is 7.19. The first-order valence-corrected chi connectivity index (χ1v) is 11.2. The van der Waals surface area contributed by atoms with Crippen molar-refractivity contribution in [3.05, 3.63) is 57.7 Å². The molecule has 0 atom stereocenters. The predicted octanol–water partition coefficient (Wildman–Crippen LogP) is 3.87. The Morgan fingerprint density at radius 1 is 1.24 bits per heavy atom. The number of aryl methyl sites for hydroxylation is 3. The highest BCUT2D eigenvalue weighted by atomic mass is 32.2. The number of anilines is 1. The smallest absolute Gasteiger partial charge is 0.251 e. The van der Waals surface area contributed by atoms with E-state index in [1.807, 2.05) is 10.8 Å². The van der Waals surface area contributed by atoms with Crippen LogP contribution in [0.3, 0.4) is 0 Å². The molecule has 0 saturated heterocycles. The molecule has 3 aromatic rings. The van der Waals surface area contributed by atoms with Gasteiger partial charge < -0.3 is 11.1 Å². The molecule has 0 unspecified atom stereocenters. The fourth-order valence-electron chi connectivity index (χ4n) is 3.73. The van der Waals surface area contributed by atoms with Gasteiger partial charge in [0.1, 0.15) is 5.00 Å². The van der Waals surface area contributed by atoms with Crippen LogP contribution < -0.4 is 11.1 Å². The van der Waals surface area contributed by atoms with Crippen molar-refractivity contribution in [1.82, 2.24) is 9.55 Å². The van der Waals surface area contributed by atoms with E-state index in [0.29, 0.717) is 10.6 Å². The van der Waals surface area contributed by atoms with Gasteiger partial charge in [0.15, 0.2) is 5.16 Å². The van der Waals surface area contributed by atoms with Crippen LogP contribution in [-0.4, -0.2) is 27.1 Å². The molecule has 3 N–H and O–H groups in total. The fraction of sp³-hybridized carbons (Fsp3) is 0.286. The second kappa shape index (κ2) is 8.04. The maximum absolute atomic E-state index is 12.6. The van der Waals surface area contributed by atoms with E-state index >= 15 is 0 Å². The van der Waals surface area contributed by atoms with E-state index < -0.39 is 5.91 Å². The van der Waals surface area contributed by atoms with Crippen LogP contribution in [0, 0.1) is 13.8 Å². The van der Waals surface area contributed by atoms with Crippen molar-refractivity contribution in [3.63, 3.8) is 0 Å². The van der Waals surface area contributed by atoms with Gasteiger partial charge in [0, 0.05) is 23.0 Å². The molecule has 0 spiro atoms. The summed E-state index contributed by atoms with van der Waals surface area (Å²) in [4.78, 5) is 30.0. The van der Waals surface area contributed by atoms with Gasteiger partial charge in [-0.2, -0.15) is 0 Å². The Kier molecular flexibility index (Phi) is 5.47. The average Bonchev–Trinajstić information content (AvgIpc) is 3.34. The van der Waals surface area contributed by atoms with Crippen molar-refractivity contribution in [2.24, 2.45) is 5.73 Å². The molecule has 2 heterocycles. The molecule has 0 aliphatic heterocycles. The minimum atomic E-state index is -0.474. The van der Waals surface area contributed by atoms with Gasteiger partial charge in [-0.05, 0) is 61.9 Å². The number of primary amides is 1. The number of benzene rings is 1. The fourth-order valence-corrected chi connectivity index (χ4v) is 5.81. The van der Waals surface area contributed by atoms with Crippen LogP contribution in [0.25, 0.3) is 5.69 Å². The molecule has 150 valence electrons. The van der Waals surface area contributed by atoms with Gasteiger partial charge >= 0.3 is 0 Å². The molecular weight excluding hydrogens is 404 g/mol. The van der Waals surface area contributed by atoms with Gasteiger partial charge in [-0.25, -0.2) is 4.98 Å². The number of hydrogen-bond acceptors (Lipinski definition) is 5. The Bertz CT molecular complexity index is 1080. The number of hydrogen-bond donors (Lipinski definition) is 2. The first-order valence-electron chi connectivity index (χ1n) is 9.41. The molecule has 2 amide bonds. The Morgan fingerprint density at radius 3 is 2.72 bits per heavy atom. The van der Waals surface area contributed by atoms with Gasteiger partial charge in [0.2, 0.25) is 5.91 Å². The number of thiophene rings is 1. The van der Waals surface area contributed by atoms with Gasteiger partial charge in [0.25, 0.3) is 5.91 Å². The normalized spacial score (nSPS) is 12.8. The first-order chi connectivity index (χ1) is 13.9. The highest BCUT2D eigenvalue weighted by Gasteiger charge is 2.26. The predicted molar refractivity (Wildman–Crippen MR) is 117 cm³/mol.